The molecule has 1 unspecified atom stereocenters. The molecule has 1 atom stereocenters. The molecule has 2 nitrogen and oxygen atoms in total. The molecule has 0 amide bonds. The van der Waals surface area contributed by atoms with Gasteiger partial charge in [0.1, 0.15) is 5.75 Å². The normalized spacial score (nSPS) is 12.1. The van der Waals surface area contributed by atoms with Crippen molar-refractivity contribution >= 4 is 5.69 Å². The first-order chi connectivity index (χ1) is 8.22. The molecule has 2 N–H and O–H groups in total. The van der Waals surface area contributed by atoms with Gasteiger partial charge in [0.2, 0.25) is 0 Å². The number of nitrogens with two attached hydrogens (primary N) is 1. The second-order valence-corrected chi connectivity index (χ2v) is 4.13. The summed E-state index contributed by atoms with van der Waals surface area (Å²) >= 11 is 0. The van der Waals surface area contributed by atoms with Crippen molar-refractivity contribution in [1.29, 1.82) is 0 Å². The third-order valence-electron chi connectivity index (χ3n) is 3.06. The van der Waals surface area contributed by atoms with Crippen molar-refractivity contribution in [2.75, 3.05) is 12.8 Å². The summed E-state index contributed by atoms with van der Waals surface area (Å²) in [6.45, 7) is 2.15. The first-order valence-electron chi connectivity index (χ1n) is 5.70. The third-order valence-corrected chi connectivity index (χ3v) is 3.06. The van der Waals surface area contributed by atoms with Crippen LogP contribution in [-0.2, 0) is 0 Å². The molecule has 0 aromatic heterocycles. The average molecular weight is 227 g/mol. The van der Waals surface area contributed by atoms with Gasteiger partial charge in [0.25, 0.3) is 0 Å². The van der Waals surface area contributed by atoms with Crippen LogP contribution in [0.3, 0.4) is 0 Å². The quantitative estimate of drug-likeness (QED) is 0.815. The van der Waals surface area contributed by atoms with Gasteiger partial charge in [0.05, 0.1) is 7.11 Å². The van der Waals surface area contributed by atoms with Gasteiger partial charge in [-0.2, -0.15) is 0 Å². The molecule has 0 aliphatic rings. The third kappa shape index (κ3) is 2.41. The van der Waals surface area contributed by atoms with E-state index in [1.54, 1.807) is 7.11 Å². The SMILES string of the molecule is COc1ccc(N)c(C(C)c2ccccc2)c1. The molecule has 0 aliphatic heterocycles. The van der Waals surface area contributed by atoms with Gasteiger partial charge in [-0.05, 0) is 29.3 Å². The van der Waals surface area contributed by atoms with Gasteiger partial charge >= 0.3 is 0 Å². The fourth-order valence-corrected chi connectivity index (χ4v) is 1.98. The summed E-state index contributed by atoms with van der Waals surface area (Å²) < 4.78 is 5.24. The first kappa shape index (κ1) is 11.5. The van der Waals surface area contributed by atoms with Crippen LogP contribution in [0.5, 0.6) is 5.75 Å². The van der Waals surface area contributed by atoms with Gasteiger partial charge in [0.15, 0.2) is 0 Å². The number of hydrogen-bond donors (Lipinski definition) is 1. The highest BCUT2D eigenvalue weighted by Gasteiger charge is 2.12. The number of rotatable bonds is 3. The largest absolute Gasteiger partial charge is 0.497 e. The molecule has 88 valence electrons. The van der Waals surface area contributed by atoms with Crippen LogP contribution in [0.4, 0.5) is 5.69 Å². The summed E-state index contributed by atoms with van der Waals surface area (Å²) in [6, 6.07) is 16.1. The van der Waals surface area contributed by atoms with E-state index in [2.05, 4.69) is 19.1 Å². The lowest BCUT2D eigenvalue weighted by molar-refractivity contribution is 0.414. The van der Waals surface area contributed by atoms with Crippen LogP contribution in [-0.4, -0.2) is 7.11 Å². The van der Waals surface area contributed by atoms with E-state index in [0.29, 0.717) is 0 Å². The Morgan fingerprint density at radius 3 is 2.41 bits per heavy atom. The van der Waals surface area contributed by atoms with Crippen LogP contribution in [0.25, 0.3) is 0 Å². The summed E-state index contributed by atoms with van der Waals surface area (Å²) in [7, 11) is 1.67. The van der Waals surface area contributed by atoms with Crippen molar-refractivity contribution in [1.82, 2.24) is 0 Å². The Bertz CT molecular complexity index is 494. The zero-order chi connectivity index (χ0) is 12.3. The van der Waals surface area contributed by atoms with E-state index in [0.717, 1.165) is 17.0 Å². The smallest absolute Gasteiger partial charge is 0.119 e. The van der Waals surface area contributed by atoms with Gasteiger partial charge in [-0.3, -0.25) is 0 Å². The molecule has 0 heterocycles. The van der Waals surface area contributed by atoms with E-state index in [4.69, 9.17) is 10.5 Å². The van der Waals surface area contributed by atoms with E-state index in [1.807, 2.05) is 36.4 Å². The summed E-state index contributed by atoms with van der Waals surface area (Å²) in [5.74, 6) is 1.11. The molecule has 2 heteroatoms. The molecule has 0 bridgehead atoms. The lowest BCUT2D eigenvalue weighted by Gasteiger charge is -2.15. The van der Waals surface area contributed by atoms with Gasteiger partial charge in [0, 0.05) is 11.6 Å². The Morgan fingerprint density at radius 1 is 1.06 bits per heavy atom. The maximum Gasteiger partial charge on any atom is 0.119 e. The molecule has 2 aromatic carbocycles. The van der Waals surface area contributed by atoms with Crippen LogP contribution in [0.15, 0.2) is 48.5 Å². The Morgan fingerprint density at radius 2 is 1.76 bits per heavy atom. The Labute approximate surface area is 102 Å². The highest BCUT2D eigenvalue weighted by atomic mass is 16.5. The van der Waals surface area contributed by atoms with E-state index < -0.39 is 0 Å². The van der Waals surface area contributed by atoms with E-state index >= 15 is 0 Å². The van der Waals surface area contributed by atoms with Crippen LogP contribution in [0.1, 0.15) is 24.0 Å². The van der Waals surface area contributed by atoms with Crippen molar-refractivity contribution in [3.63, 3.8) is 0 Å². The molecule has 0 saturated carbocycles. The van der Waals surface area contributed by atoms with E-state index in [9.17, 15) is 0 Å². The second-order valence-electron chi connectivity index (χ2n) is 4.13. The predicted octanol–water partition coefficient (Wildman–Crippen LogP) is 3.43. The van der Waals surface area contributed by atoms with Crippen molar-refractivity contribution in [3.8, 4) is 5.75 Å². The highest BCUT2D eigenvalue weighted by Crippen LogP contribution is 2.31. The number of hydrogen-bond acceptors (Lipinski definition) is 2. The first-order valence-corrected chi connectivity index (χ1v) is 5.70. The van der Waals surface area contributed by atoms with E-state index in [-0.39, 0.29) is 5.92 Å². The standard InChI is InChI=1S/C15H17NO/c1-11(12-6-4-3-5-7-12)14-10-13(17-2)8-9-15(14)16/h3-11H,16H2,1-2H3. The molecule has 17 heavy (non-hydrogen) atoms. The Balaban J connectivity index is 2.40. The number of ether oxygens (including phenoxy) is 1. The lowest BCUT2D eigenvalue weighted by atomic mass is 9.92. The average Bonchev–Trinajstić information content (AvgIpc) is 2.39. The van der Waals surface area contributed by atoms with Gasteiger partial charge in [-0.25, -0.2) is 0 Å². The topological polar surface area (TPSA) is 35.2 Å². The Kier molecular flexibility index (Phi) is 3.33. The van der Waals surface area contributed by atoms with E-state index in [1.165, 1.54) is 5.56 Å². The van der Waals surface area contributed by atoms with Gasteiger partial charge < -0.3 is 10.5 Å². The molecular weight excluding hydrogens is 210 g/mol. The maximum atomic E-state index is 6.03. The molecule has 0 saturated heterocycles. The molecule has 0 spiro atoms. The van der Waals surface area contributed by atoms with Gasteiger partial charge in [-0.1, -0.05) is 37.3 Å². The minimum absolute atomic E-state index is 0.270. The lowest BCUT2D eigenvalue weighted by Crippen LogP contribution is -2.01. The fourth-order valence-electron chi connectivity index (χ4n) is 1.98. The zero-order valence-corrected chi connectivity index (χ0v) is 10.2. The number of anilines is 1. The molecule has 0 fully saturated rings. The van der Waals surface area contributed by atoms with Crippen LogP contribution >= 0.6 is 0 Å². The van der Waals surface area contributed by atoms with Crippen molar-refractivity contribution in [3.05, 3.63) is 59.7 Å². The molecule has 2 aromatic rings. The minimum atomic E-state index is 0.270. The molecular formula is C15H17NO. The van der Waals surface area contributed by atoms with Crippen molar-refractivity contribution in [2.45, 2.75) is 12.8 Å². The molecule has 2 rings (SSSR count). The highest BCUT2D eigenvalue weighted by molar-refractivity contribution is 5.54. The summed E-state index contributed by atoms with van der Waals surface area (Å²) in [5, 5.41) is 0. The van der Waals surface area contributed by atoms with Crippen molar-refractivity contribution < 1.29 is 4.74 Å². The second kappa shape index (κ2) is 4.91. The minimum Gasteiger partial charge on any atom is -0.497 e. The number of nitrogen functional groups attached to an aromatic ring is 1. The predicted molar refractivity (Wildman–Crippen MR) is 71.4 cm³/mol. The van der Waals surface area contributed by atoms with Gasteiger partial charge in [-0.15, -0.1) is 0 Å². The van der Waals surface area contributed by atoms with Crippen LogP contribution < -0.4 is 10.5 Å². The summed E-state index contributed by atoms with van der Waals surface area (Å²) in [6.07, 6.45) is 0. The van der Waals surface area contributed by atoms with Crippen LogP contribution in [0, 0.1) is 0 Å². The maximum absolute atomic E-state index is 6.03. The summed E-state index contributed by atoms with van der Waals surface area (Å²) in [5.41, 5.74) is 9.20. The summed E-state index contributed by atoms with van der Waals surface area (Å²) in [4.78, 5) is 0. The Hall–Kier alpha value is -1.96. The zero-order valence-electron chi connectivity index (χ0n) is 10.2. The van der Waals surface area contributed by atoms with Crippen LogP contribution in [0.2, 0.25) is 0 Å². The monoisotopic (exact) mass is 227 g/mol. The number of methoxy groups -OCH3 is 1. The molecule has 0 radical (unpaired) electrons. The fraction of sp³-hybridized carbons (Fsp3) is 0.200. The molecule has 0 aliphatic carbocycles. The van der Waals surface area contributed by atoms with Crippen molar-refractivity contribution in [2.24, 2.45) is 0 Å². The number of benzene rings is 2.